The van der Waals surface area contributed by atoms with E-state index in [0.717, 1.165) is 10.6 Å². The average molecular weight is 513 g/mol. The number of fused-ring (bicyclic) bond motifs is 1. The second kappa shape index (κ2) is 11.1. The van der Waals surface area contributed by atoms with Gasteiger partial charge in [-0.3, -0.25) is 10.1 Å². The molecule has 0 unspecified atom stereocenters. The van der Waals surface area contributed by atoms with E-state index in [9.17, 15) is 4.79 Å². The topological polar surface area (TPSA) is 112 Å². The number of carbonyl (C=O) groups excluding carboxylic acids is 1. The van der Waals surface area contributed by atoms with Gasteiger partial charge in [0.05, 0.1) is 19.8 Å². The Morgan fingerprint density at radius 2 is 1.77 bits per heavy atom. The number of nitrogens with one attached hydrogen (secondary N) is 2. The van der Waals surface area contributed by atoms with Crippen molar-refractivity contribution in [2.75, 3.05) is 25.1 Å². The molecule has 0 aliphatic carbocycles. The fourth-order valence-electron chi connectivity index (χ4n) is 3.26. The van der Waals surface area contributed by atoms with Gasteiger partial charge in [0.25, 0.3) is 5.91 Å². The summed E-state index contributed by atoms with van der Waals surface area (Å²) in [5.74, 6) is 0.928. The highest BCUT2D eigenvalue weighted by Crippen LogP contribution is 2.39. The smallest absolute Gasteiger partial charge is 0.257 e. The van der Waals surface area contributed by atoms with Crippen molar-refractivity contribution in [3.63, 3.8) is 0 Å². The Labute approximate surface area is 211 Å². The van der Waals surface area contributed by atoms with Crippen molar-refractivity contribution < 1.29 is 19.0 Å². The summed E-state index contributed by atoms with van der Waals surface area (Å²) in [6, 6.07) is 10.8. The summed E-state index contributed by atoms with van der Waals surface area (Å²) < 4.78 is 18.7. The van der Waals surface area contributed by atoms with Gasteiger partial charge in [0.1, 0.15) is 11.3 Å². The summed E-state index contributed by atoms with van der Waals surface area (Å²) in [7, 11) is 0. The Morgan fingerprint density at radius 1 is 1.06 bits per heavy atom. The molecule has 0 bridgehead atoms. The van der Waals surface area contributed by atoms with Gasteiger partial charge in [-0.25, -0.2) is 0 Å². The maximum Gasteiger partial charge on any atom is 0.257 e. The van der Waals surface area contributed by atoms with Crippen LogP contribution in [0.3, 0.4) is 0 Å². The molecule has 0 radical (unpaired) electrons. The van der Waals surface area contributed by atoms with E-state index in [0.29, 0.717) is 53.3 Å². The van der Waals surface area contributed by atoms with Crippen molar-refractivity contribution in [3.05, 3.63) is 48.3 Å². The monoisotopic (exact) mass is 512 g/mol. The van der Waals surface area contributed by atoms with Gasteiger partial charge in [0, 0.05) is 16.8 Å². The minimum Gasteiger partial charge on any atom is -0.490 e. The predicted octanol–water partition coefficient (Wildman–Crippen LogP) is 4.18. The van der Waals surface area contributed by atoms with Crippen molar-refractivity contribution in [1.82, 2.24) is 25.1 Å². The van der Waals surface area contributed by atoms with Crippen LogP contribution in [0, 0.1) is 0 Å². The van der Waals surface area contributed by atoms with Gasteiger partial charge in [-0.05, 0) is 57.3 Å². The molecule has 0 fully saturated rings. The average Bonchev–Trinajstić information content (AvgIpc) is 3.44. The Balaban J connectivity index is 1.49. The number of thiocarbonyl (C=S) groups is 1. The van der Waals surface area contributed by atoms with Crippen molar-refractivity contribution in [2.45, 2.75) is 20.8 Å². The van der Waals surface area contributed by atoms with Crippen molar-refractivity contribution in [1.29, 1.82) is 0 Å². The Bertz CT molecular complexity index is 1300. The quantitative estimate of drug-likeness (QED) is 0.319. The molecular weight excluding hydrogens is 488 g/mol. The highest BCUT2D eigenvalue weighted by atomic mass is 32.1. The van der Waals surface area contributed by atoms with Crippen LogP contribution in [-0.2, 0) is 0 Å². The van der Waals surface area contributed by atoms with Crippen LogP contribution in [-0.4, -0.2) is 50.7 Å². The van der Waals surface area contributed by atoms with Crippen LogP contribution in [0.5, 0.6) is 17.2 Å². The van der Waals surface area contributed by atoms with E-state index < -0.39 is 5.91 Å². The zero-order valence-electron chi connectivity index (χ0n) is 19.4. The number of benzene rings is 2. The molecule has 182 valence electrons. The predicted molar refractivity (Wildman–Crippen MR) is 138 cm³/mol. The molecule has 0 aliphatic rings. The molecule has 0 atom stereocenters. The maximum atomic E-state index is 13.0. The third-order valence-electron chi connectivity index (χ3n) is 4.65. The van der Waals surface area contributed by atoms with Gasteiger partial charge in [-0.15, -0.1) is 10.2 Å². The second-order valence-corrected chi connectivity index (χ2v) is 8.42. The first-order valence-electron chi connectivity index (χ1n) is 11.0. The molecule has 1 amide bonds. The third-order valence-corrected chi connectivity index (χ3v) is 5.82. The summed E-state index contributed by atoms with van der Waals surface area (Å²) in [5.41, 5.74) is 1.92. The van der Waals surface area contributed by atoms with Crippen LogP contribution in [0.25, 0.3) is 15.5 Å². The number of hydrogen-bond acceptors (Lipinski definition) is 9. The van der Waals surface area contributed by atoms with Crippen LogP contribution < -0.4 is 24.8 Å². The molecule has 0 saturated carbocycles. The van der Waals surface area contributed by atoms with Crippen LogP contribution in [0.2, 0.25) is 0 Å². The van der Waals surface area contributed by atoms with E-state index in [2.05, 4.69) is 25.9 Å². The number of nitrogens with zero attached hydrogens (tertiary/aromatic N) is 4. The van der Waals surface area contributed by atoms with Gasteiger partial charge >= 0.3 is 0 Å². The minimum atomic E-state index is -0.405. The molecule has 2 aromatic carbocycles. The number of amides is 1. The lowest BCUT2D eigenvalue weighted by molar-refractivity contribution is 0.0976. The first kappa shape index (κ1) is 24.4. The zero-order valence-corrected chi connectivity index (χ0v) is 21.0. The number of ether oxygens (including phenoxy) is 3. The molecule has 0 saturated heterocycles. The molecule has 2 heterocycles. The molecule has 35 heavy (non-hydrogen) atoms. The Hall–Kier alpha value is -3.77. The SMILES string of the molecule is CCOc1cc(C(=O)NC(=S)Nc2cccc(-c3nn4cnnc4s3)c2)cc(OCC)c1OCC. The first-order chi connectivity index (χ1) is 17.0. The number of hydrogen-bond donors (Lipinski definition) is 2. The van der Waals surface area contributed by atoms with E-state index in [1.807, 2.05) is 45.0 Å². The maximum absolute atomic E-state index is 13.0. The zero-order chi connectivity index (χ0) is 24.8. The van der Waals surface area contributed by atoms with Crippen molar-refractivity contribution in [2.24, 2.45) is 0 Å². The number of carbonyl (C=O) groups is 1. The molecule has 4 aromatic rings. The fourth-order valence-corrected chi connectivity index (χ4v) is 4.29. The van der Waals surface area contributed by atoms with Gasteiger partial charge in [-0.1, -0.05) is 23.5 Å². The van der Waals surface area contributed by atoms with E-state index in [4.69, 9.17) is 26.4 Å². The Morgan fingerprint density at radius 3 is 2.43 bits per heavy atom. The number of aromatic nitrogens is 4. The minimum absolute atomic E-state index is 0.148. The third kappa shape index (κ3) is 5.66. The fraction of sp³-hybridized carbons (Fsp3) is 0.261. The van der Waals surface area contributed by atoms with Gasteiger partial charge in [-0.2, -0.15) is 9.61 Å². The molecule has 0 spiro atoms. The van der Waals surface area contributed by atoms with E-state index in [1.165, 1.54) is 11.3 Å². The molecule has 12 heteroatoms. The normalized spacial score (nSPS) is 10.7. The molecule has 2 N–H and O–H groups in total. The summed E-state index contributed by atoms with van der Waals surface area (Å²) in [4.78, 5) is 13.7. The van der Waals surface area contributed by atoms with Crippen LogP contribution in [0.1, 0.15) is 31.1 Å². The van der Waals surface area contributed by atoms with E-state index in [1.54, 1.807) is 23.0 Å². The summed E-state index contributed by atoms with van der Waals surface area (Å²) in [6.07, 6.45) is 1.55. The lowest BCUT2D eigenvalue weighted by Crippen LogP contribution is -2.34. The van der Waals surface area contributed by atoms with Gasteiger partial charge < -0.3 is 19.5 Å². The second-order valence-electron chi connectivity index (χ2n) is 7.06. The van der Waals surface area contributed by atoms with E-state index in [-0.39, 0.29) is 5.11 Å². The molecule has 10 nitrogen and oxygen atoms in total. The van der Waals surface area contributed by atoms with Crippen molar-refractivity contribution >= 4 is 45.2 Å². The first-order valence-corrected chi connectivity index (χ1v) is 12.2. The van der Waals surface area contributed by atoms with E-state index >= 15 is 0 Å². The summed E-state index contributed by atoms with van der Waals surface area (Å²) in [5, 5.41) is 19.0. The molecular formula is C23H24N6O4S2. The van der Waals surface area contributed by atoms with Crippen molar-refractivity contribution in [3.8, 4) is 27.8 Å². The molecule has 0 aliphatic heterocycles. The van der Waals surface area contributed by atoms with Crippen LogP contribution in [0.15, 0.2) is 42.7 Å². The van der Waals surface area contributed by atoms with Gasteiger partial charge in [0.2, 0.25) is 10.7 Å². The largest absolute Gasteiger partial charge is 0.490 e. The van der Waals surface area contributed by atoms with Crippen LogP contribution in [0.4, 0.5) is 5.69 Å². The molecule has 2 aromatic heterocycles. The highest BCUT2D eigenvalue weighted by molar-refractivity contribution is 7.80. The Kier molecular flexibility index (Phi) is 7.73. The van der Waals surface area contributed by atoms with Crippen LogP contribution >= 0.6 is 23.6 Å². The lowest BCUT2D eigenvalue weighted by Gasteiger charge is -2.17. The summed E-state index contributed by atoms with van der Waals surface area (Å²) in [6.45, 7) is 6.84. The standard InChI is InChI=1S/C23H24N6O4S2/c1-4-31-17-11-15(12-18(32-5-2)19(17)33-6-3)20(30)26-22(34)25-16-9-7-8-14(10-16)21-28-29-13-24-27-23(29)35-21/h7-13H,4-6H2,1-3H3,(H2,25,26,30,34). The number of rotatable bonds is 9. The number of anilines is 1. The highest BCUT2D eigenvalue weighted by Gasteiger charge is 2.19. The lowest BCUT2D eigenvalue weighted by atomic mass is 10.1. The summed E-state index contributed by atoms with van der Waals surface area (Å²) >= 11 is 6.80. The van der Waals surface area contributed by atoms with Gasteiger partial charge in [0.15, 0.2) is 16.6 Å². The molecule has 4 rings (SSSR count).